The second-order valence-electron chi connectivity index (χ2n) is 4.55. The molecule has 0 bridgehead atoms. The molecule has 1 fully saturated rings. The van der Waals surface area contributed by atoms with E-state index in [1.54, 1.807) is 6.26 Å². The first-order valence-corrected chi connectivity index (χ1v) is 6.26. The first kappa shape index (κ1) is 10.7. The second-order valence-corrected chi connectivity index (χ2v) is 4.55. The molecule has 0 spiro atoms. The van der Waals surface area contributed by atoms with Gasteiger partial charge < -0.3 is 14.5 Å². The van der Waals surface area contributed by atoms with Crippen molar-refractivity contribution in [2.75, 3.05) is 13.2 Å². The Kier molecular flexibility index (Phi) is 3.01. The van der Waals surface area contributed by atoms with Crippen molar-refractivity contribution < 1.29 is 9.15 Å². The number of hydrogen-bond acceptors (Lipinski definition) is 3. The lowest BCUT2D eigenvalue weighted by Gasteiger charge is -2.23. The van der Waals surface area contributed by atoms with Gasteiger partial charge in [0.25, 0.3) is 0 Å². The Morgan fingerprint density at radius 2 is 2.29 bits per heavy atom. The lowest BCUT2D eigenvalue weighted by Crippen LogP contribution is -2.38. The molecule has 3 nitrogen and oxygen atoms in total. The van der Waals surface area contributed by atoms with Crippen molar-refractivity contribution in [2.45, 2.75) is 25.3 Å². The first-order valence-electron chi connectivity index (χ1n) is 6.26. The molecule has 0 amide bonds. The Hall–Kier alpha value is -1.48. The molecule has 1 saturated heterocycles. The van der Waals surface area contributed by atoms with Gasteiger partial charge in [0.05, 0.1) is 11.6 Å². The van der Waals surface area contributed by atoms with Crippen molar-refractivity contribution >= 4 is 11.0 Å². The van der Waals surface area contributed by atoms with Gasteiger partial charge in [0, 0.05) is 6.04 Å². The topological polar surface area (TPSA) is 34.4 Å². The third-order valence-electron chi connectivity index (χ3n) is 3.31. The molecule has 1 atom stereocenters. The average Bonchev–Trinajstić information content (AvgIpc) is 2.86. The maximum atomic E-state index is 5.89. The maximum Gasteiger partial charge on any atom is 0.137 e. The summed E-state index contributed by atoms with van der Waals surface area (Å²) in [5.41, 5.74) is 0.888. The summed E-state index contributed by atoms with van der Waals surface area (Å²) in [4.78, 5) is 0. The molecular formula is C14H17NO2. The van der Waals surface area contributed by atoms with Crippen molar-refractivity contribution in [2.24, 2.45) is 0 Å². The van der Waals surface area contributed by atoms with E-state index in [2.05, 4.69) is 5.32 Å². The van der Waals surface area contributed by atoms with Gasteiger partial charge in [-0.3, -0.25) is 0 Å². The van der Waals surface area contributed by atoms with Crippen molar-refractivity contribution in [1.29, 1.82) is 0 Å². The van der Waals surface area contributed by atoms with Crippen LogP contribution in [0.2, 0.25) is 0 Å². The van der Waals surface area contributed by atoms with Crippen molar-refractivity contribution in [3.8, 4) is 5.75 Å². The number of rotatable bonds is 3. The number of nitrogens with one attached hydrogen (secondary N) is 1. The Bertz CT molecular complexity index is 486. The highest BCUT2D eigenvalue weighted by Crippen LogP contribution is 2.26. The Morgan fingerprint density at radius 3 is 3.18 bits per heavy atom. The van der Waals surface area contributed by atoms with Crippen LogP contribution in [0.4, 0.5) is 0 Å². The van der Waals surface area contributed by atoms with E-state index >= 15 is 0 Å². The zero-order valence-corrected chi connectivity index (χ0v) is 9.82. The van der Waals surface area contributed by atoms with Gasteiger partial charge in [0.2, 0.25) is 0 Å². The molecule has 1 aliphatic heterocycles. The average molecular weight is 231 g/mol. The maximum absolute atomic E-state index is 5.89. The molecule has 3 rings (SSSR count). The van der Waals surface area contributed by atoms with E-state index in [1.165, 1.54) is 19.3 Å². The number of furan rings is 1. The third kappa shape index (κ3) is 2.29. The van der Waals surface area contributed by atoms with Crippen LogP contribution < -0.4 is 10.1 Å². The highest BCUT2D eigenvalue weighted by molar-refractivity contribution is 5.83. The molecule has 0 aliphatic carbocycles. The highest BCUT2D eigenvalue weighted by Gasteiger charge is 2.13. The molecule has 0 saturated carbocycles. The summed E-state index contributed by atoms with van der Waals surface area (Å²) in [6.45, 7) is 1.86. The zero-order valence-electron chi connectivity index (χ0n) is 9.82. The Morgan fingerprint density at radius 1 is 1.29 bits per heavy atom. The SMILES string of the molecule is c1cc(OCC2CCCCN2)c2ccoc2c1. The predicted octanol–water partition coefficient (Wildman–Crippen LogP) is 2.95. The van der Waals surface area contributed by atoms with Gasteiger partial charge >= 0.3 is 0 Å². The molecule has 0 radical (unpaired) electrons. The summed E-state index contributed by atoms with van der Waals surface area (Å²) in [5, 5.41) is 4.54. The summed E-state index contributed by atoms with van der Waals surface area (Å²) in [5.74, 6) is 0.920. The molecule has 2 heterocycles. The van der Waals surface area contributed by atoms with Gasteiger partial charge in [-0.2, -0.15) is 0 Å². The summed E-state index contributed by atoms with van der Waals surface area (Å²) in [7, 11) is 0. The quantitative estimate of drug-likeness (QED) is 0.882. The van der Waals surface area contributed by atoms with E-state index in [4.69, 9.17) is 9.15 Å². The lowest BCUT2D eigenvalue weighted by atomic mass is 10.1. The number of fused-ring (bicyclic) bond motifs is 1. The minimum atomic E-state index is 0.492. The van der Waals surface area contributed by atoms with Crippen LogP contribution in [-0.4, -0.2) is 19.2 Å². The molecule has 2 aromatic rings. The van der Waals surface area contributed by atoms with E-state index < -0.39 is 0 Å². The number of ether oxygens (including phenoxy) is 1. The minimum Gasteiger partial charge on any atom is -0.491 e. The van der Waals surface area contributed by atoms with Crippen LogP contribution in [0.3, 0.4) is 0 Å². The van der Waals surface area contributed by atoms with Crippen molar-refractivity contribution in [3.63, 3.8) is 0 Å². The second kappa shape index (κ2) is 4.80. The minimum absolute atomic E-state index is 0.492. The Balaban J connectivity index is 1.69. The molecule has 1 aromatic carbocycles. The van der Waals surface area contributed by atoms with E-state index in [0.29, 0.717) is 6.04 Å². The fourth-order valence-corrected chi connectivity index (χ4v) is 2.35. The molecule has 1 unspecified atom stereocenters. The first-order chi connectivity index (χ1) is 8.43. The van der Waals surface area contributed by atoms with E-state index in [-0.39, 0.29) is 0 Å². The smallest absolute Gasteiger partial charge is 0.137 e. The summed E-state index contributed by atoms with van der Waals surface area (Å²) >= 11 is 0. The molecule has 1 N–H and O–H groups in total. The van der Waals surface area contributed by atoms with Gasteiger partial charge in [-0.15, -0.1) is 0 Å². The van der Waals surface area contributed by atoms with Crippen molar-refractivity contribution in [1.82, 2.24) is 5.32 Å². The molecule has 1 aromatic heterocycles. The largest absolute Gasteiger partial charge is 0.491 e. The summed E-state index contributed by atoms with van der Waals surface area (Å²) in [6, 6.07) is 8.38. The molecule has 17 heavy (non-hydrogen) atoms. The van der Waals surface area contributed by atoms with E-state index in [0.717, 1.165) is 29.9 Å². The fraction of sp³-hybridized carbons (Fsp3) is 0.429. The van der Waals surface area contributed by atoms with Gasteiger partial charge in [-0.25, -0.2) is 0 Å². The van der Waals surface area contributed by atoms with E-state index in [1.807, 2.05) is 24.3 Å². The zero-order chi connectivity index (χ0) is 11.5. The number of piperidine rings is 1. The monoisotopic (exact) mass is 231 g/mol. The summed E-state index contributed by atoms with van der Waals surface area (Å²) in [6.07, 6.45) is 5.50. The van der Waals surface area contributed by atoms with Gasteiger partial charge in [0.1, 0.15) is 17.9 Å². The fourth-order valence-electron chi connectivity index (χ4n) is 2.35. The summed E-state index contributed by atoms with van der Waals surface area (Å²) < 4.78 is 11.2. The van der Waals surface area contributed by atoms with Crippen LogP contribution in [0, 0.1) is 0 Å². The van der Waals surface area contributed by atoms with Crippen molar-refractivity contribution in [3.05, 3.63) is 30.5 Å². The van der Waals surface area contributed by atoms with E-state index in [9.17, 15) is 0 Å². The highest BCUT2D eigenvalue weighted by atomic mass is 16.5. The van der Waals surface area contributed by atoms with Crippen LogP contribution in [0.25, 0.3) is 11.0 Å². The van der Waals surface area contributed by atoms with Crippen LogP contribution in [0.15, 0.2) is 34.9 Å². The Labute approximate surface area is 101 Å². The molecular weight excluding hydrogens is 214 g/mol. The van der Waals surface area contributed by atoms with Gasteiger partial charge in [0.15, 0.2) is 0 Å². The van der Waals surface area contributed by atoms with Crippen LogP contribution in [-0.2, 0) is 0 Å². The van der Waals surface area contributed by atoms with Crippen LogP contribution in [0.5, 0.6) is 5.75 Å². The normalized spacial score (nSPS) is 20.6. The van der Waals surface area contributed by atoms with Gasteiger partial charge in [-0.1, -0.05) is 12.5 Å². The molecule has 1 aliphatic rings. The third-order valence-corrected chi connectivity index (χ3v) is 3.31. The lowest BCUT2D eigenvalue weighted by molar-refractivity contribution is 0.241. The standard InChI is InChI=1S/C14H17NO2/c1-2-8-15-11(4-1)10-17-14-6-3-5-13-12(14)7-9-16-13/h3,5-7,9,11,15H,1-2,4,8,10H2. The molecule has 90 valence electrons. The number of benzene rings is 1. The predicted molar refractivity (Wildman–Crippen MR) is 67.4 cm³/mol. The molecule has 3 heteroatoms. The van der Waals surface area contributed by atoms with Crippen LogP contribution >= 0.6 is 0 Å². The number of hydrogen-bond donors (Lipinski definition) is 1. The van der Waals surface area contributed by atoms with Crippen LogP contribution in [0.1, 0.15) is 19.3 Å². The van der Waals surface area contributed by atoms with Gasteiger partial charge in [-0.05, 0) is 37.6 Å².